The first-order valence-corrected chi connectivity index (χ1v) is 7.31. The van der Waals surface area contributed by atoms with Crippen LogP contribution in [0.1, 0.15) is 19.5 Å². The number of nitrogen functional groups attached to an aromatic ring is 1. The number of hydrogen-bond acceptors (Lipinski definition) is 8. The predicted octanol–water partition coefficient (Wildman–Crippen LogP) is -0.632. The third-order valence-electron chi connectivity index (χ3n) is 4.24. The molecule has 2 aliphatic rings. The van der Waals surface area contributed by atoms with E-state index in [0.717, 1.165) is 0 Å². The molecule has 0 bridgehead atoms. The number of aliphatic hydroxyl groups excluding tert-OH is 1. The van der Waals surface area contributed by atoms with E-state index in [1.165, 1.54) is 10.8 Å². The normalized spacial score (nSPS) is 35.7. The Morgan fingerprint density at radius 2 is 2.09 bits per heavy atom. The zero-order chi connectivity index (χ0) is 16.4. The van der Waals surface area contributed by atoms with Gasteiger partial charge in [0.05, 0.1) is 6.61 Å². The highest BCUT2D eigenvalue weighted by molar-refractivity contribution is 5.65. The Labute approximate surface area is 131 Å². The van der Waals surface area contributed by atoms with Crippen molar-refractivity contribution in [1.82, 2.24) is 14.6 Å². The Balaban J connectivity index is 1.84. The van der Waals surface area contributed by atoms with Crippen molar-refractivity contribution in [3.05, 3.63) is 24.2 Å². The van der Waals surface area contributed by atoms with Gasteiger partial charge in [0.2, 0.25) is 5.79 Å². The molecule has 0 aromatic carbocycles. The largest absolute Gasteiger partial charge is 0.394 e. The third-order valence-corrected chi connectivity index (χ3v) is 4.24. The van der Waals surface area contributed by atoms with Gasteiger partial charge in [-0.3, -0.25) is 0 Å². The van der Waals surface area contributed by atoms with E-state index in [2.05, 4.69) is 10.1 Å². The first-order chi connectivity index (χ1) is 10.9. The topological polar surface area (TPSA) is 124 Å². The van der Waals surface area contributed by atoms with Crippen LogP contribution < -0.4 is 5.73 Å². The summed E-state index contributed by atoms with van der Waals surface area (Å²) in [5.74, 6) is -2.42. The number of ether oxygens (including phenoxy) is 3. The van der Waals surface area contributed by atoms with Crippen LogP contribution in [0.5, 0.6) is 0 Å². The van der Waals surface area contributed by atoms with E-state index < -0.39 is 29.9 Å². The van der Waals surface area contributed by atoms with Crippen molar-refractivity contribution in [2.24, 2.45) is 0 Å². The van der Waals surface area contributed by atoms with E-state index in [1.807, 2.05) is 0 Å². The minimum Gasteiger partial charge on any atom is -0.394 e. The quantitative estimate of drug-likeness (QED) is 0.667. The number of aliphatic hydroxyl groups is 2. The van der Waals surface area contributed by atoms with Gasteiger partial charge in [0, 0.05) is 0 Å². The van der Waals surface area contributed by atoms with Crippen molar-refractivity contribution in [3.63, 3.8) is 0 Å². The Morgan fingerprint density at radius 1 is 1.30 bits per heavy atom. The molecule has 4 heterocycles. The van der Waals surface area contributed by atoms with E-state index in [-0.39, 0.29) is 12.4 Å². The van der Waals surface area contributed by atoms with Crippen molar-refractivity contribution in [3.8, 4) is 0 Å². The lowest BCUT2D eigenvalue weighted by atomic mass is 10.0. The van der Waals surface area contributed by atoms with Gasteiger partial charge < -0.3 is 30.2 Å². The molecule has 0 aliphatic carbocycles. The molecule has 0 saturated carbocycles. The fourth-order valence-electron chi connectivity index (χ4n) is 3.30. The average molecular weight is 322 g/mol. The number of nitrogens with two attached hydrogens (primary N) is 1. The lowest BCUT2D eigenvalue weighted by Crippen LogP contribution is -2.41. The van der Waals surface area contributed by atoms with Gasteiger partial charge in [-0.15, -0.1) is 0 Å². The molecule has 124 valence electrons. The van der Waals surface area contributed by atoms with Crippen molar-refractivity contribution in [2.45, 2.75) is 43.7 Å². The van der Waals surface area contributed by atoms with Gasteiger partial charge in [-0.25, -0.2) is 9.50 Å². The maximum absolute atomic E-state index is 11.2. The van der Waals surface area contributed by atoms with E-state index in [4.69, 9.17) is 19.9 Å². The molecule has 2 aromatic heterocycles. The fraction of sp³-hybridized carbons (Fsp3) is 0.571. The molecule has 2 aromatic rings. The smallest absolute Gasteiger partial charge is 0.240 e. The molecule has 2 saturated heterocycles. The molecule has 9 heteroatoms. The number of aromatic nitrogens is 3. The van der Waals surface area contributed by atoms with E-state index in [0.29, 0.717) is 11.2 Å². The monoisotopic (exact) mass is 322 g/mol. The predicted molar refractivity (Wildman–Crippen MR) is 77.1 cm³/mol. The van der Waals surface area contributed by atoms with Crippen LogP contribution in [0.3, 0.4) is 0 Å². The number of fused-ring (bicyclic) bond motifs is 2. The summed E-state index contributed by atoms with van der Waals surface area (Å²) >= 11 is 0. The maximum atomic E-state index is 11.2. The van der Waals surface area contributed by atoms with Crippen LogP contribution in [-0.4, -0.2) is 55.5 Å². The number of anilines is 1. The second-order valence-corrected chi connectivity index (χ2v) is 6.22. The lowest BCUT2D eigenvalue weighted by molar-refractivity contribution is -0.285. The van der Waals surface area contributed by atoms with Crippen molar-refractivity contribution < 1.29 is 24.4 Å². The minimum absolute atomic E-state index is 0.284. The maximum Gasteiger partial charge on any atom is 0.240 e. The molecule has 23 heavy (non-hydrogen) atoms. The van der Waals surface area contributed by atoms with Crippen molar-refractivity contribution in [2.75, 3.05) is 12.3 Å². The van der Waals surface area contributed by atoms with Gasteiger partial charge in [-0.2, -0.15) is 5.10 Å². The highest BCUT2D eigenvalue weighted by Gasteiger charge is 2.64. The molecule has 4 N–H and O–H groups in total. The average Bonchev–Trinajstić information content (AvgIpc) is 3.12. The molecule has 4 atom stereocenters. The van der Waals surface area contributed by atoms with Crippen LogP contribution in [0.4, 0.5) is 5.82 Å². The standard InChI is InChI=1S/C14H18N4O5/c1-13(2)22-10-8(5-19)21-14(20,11(10)23-13)9-4-3-7-12(15)16-6-17-18(7)9/h3-4,6,8,10-11,19-20H,5H2,1-2H3,(H2,15,16,17)/t8-,10-,11-,14+/m1/s1. The van der Waals surface area contributed by atoms with Crippen LogP contribution >= 0.6 is 0 Å². The molecule has 2 aliphatic heterocycles. The summed E-state index contributed by atoms with van der Waals surface area (Å²) < 4.78 is 18.7. The number of hydrogen-bond donors (Lipinski definition) is 3. The second-order valence-electron chi connectivity index (χ2n) is 6.22. The molecule has 0 unspecified atom stereocenters. The Kier molecular flexibility index (Phi) is 2.97. The molecule has 2 fully saturated rings. The van der Waals surface area contributed by atoms with Gasteiger partial charge in [0.25, 0.3) is 0 Å². The summed E-state index contributed by atoms with van der Waals surface area (Å²) in [6.07, 6.45) is -0.814. The molecule has 4 rings (SSSR count). The highest BCUT2D eigenvalue weighted by Crippen LogP contribution is 2.47. The van der Waals surface area contributed by atoms with Crippen LogP contribution in [0.15, 0.2) is 18.5 Å². The number of nitrogens with zero attached hydrogens (tertiary/aromatic N) is 3. The Bertz CT molecular complexity index is 763. The van der Waals surface area contributed by atoms with Crippen molar-refractivity contribution >= 4 is 11.3 Å². The van der Waals surface area contributed by atoms with Crippen LogP contribution in [0.2, 0.25) is 0 Å². The first-order valence-electron chi connectivity index (χ1n) is 7.31. The minimum atomic E-state index is -1.82. The second kappa shape index (κ2) is 4.62. The van der Waals surface area contributed by atoms with E-state index in [1.54, 1.807) is 26.0 Å². The zero-order valence-corrected chi connectivity index (χ0v) is 12.7. The first kappa shape index (κ1) is 14.8. The molecule has 0 spiro atoms. The summed E-state index contributed by atoms with van der Waals surface area (Å²) in [7, 11) is 0. The van der Waals surface area contributed by atoms with Crippen molar-refractivity contribution in [1.29, 1.82) is 0 Å². The number of rotatable bonds is 2. The van der Waals surface area contributed by atoms with Gasteiger partial charge in [-0.1, -0.05) is 0 Å². The molecule has 0 radical (unpaired) electrons. The Morgan fingerprint density at radius 3 is 2.83 bits per heavy atom. The molecule has 0 amide bonds. The van der Waals surface area contributed by atoms with Crippen LogP contribution in [0, 0.1) is 0 Å². The Hall–Kier alpha value is -1.78. The van der Waals surface area contributed by atoms with E-state index in [9.17, 15) is 10.2 Å². The summed E-state index contributed by atoms with van der Waals surface area (Å²) in [4.78, 5) is 3.92. The van der Waals surface area contributed by atoms with Gasteiger partial charge >= 0.3 is 0 Å². The summed E-state index contributed by atoms with van der Waals surface area (Å²) in [5, 5.41) is 24.9. The molecular formula is C14H18N4O5. The zero-order valence-electron chi connectivity index (χ0n) is 12.7. The van der Waals surface area contributed by atoms with Crippen LogP contribution in [-0.2, 0) is 20.0 Å². The molecule has 9 nitrogen and oxygen atoms in total. The van der Waals surface area contributed by atoms with Crippen LogP contribution in [0.25, 0.3) is 5.52 Å². The van der Waals surface area contributed by atoms with Gasteiger partial charge in [0.15, 0.2) is 11.6 Å². The molecular weight excluding hydrogens is 304 g/mol. The fourth-order valence-corrected chi connectivity index (χ4v) is 3.30. The highest BCUT2D eigenvalue weighted by atomic mass is 16.8. The van der Waals surface area contributed by atoms with E-state index >= 15 is 0 Å². The van der Waals surface area contributed by atoms with Gasteiger partial charge in [0.1, 0.15) is 35.8 Å². The lowest BCUT2D eigenvalue weighted by Gasteiger charge is -2.29. The summed E-state index contributed by atoms with van der Waals surface area (Å²) in [6.45, 7) is 3.19. The summed E-state index contributed by atoms with van der Waals surface area (Å²) in [5.41, 5.74) is 6.71. The SMILES string of the molecule is CC1(C)O[C@H]2[C@@H](O1)[C@](O)(c1ccc3c(N)ncnn13)O[C@@H]2CO. The van der Waals surface area contributed by atoms with Gasteiger partial charge in [-0.05, 0) is 26.0 Å². The third kappa shape index (κ3) is 1.98. The summed E-state index contributed by atoms with van der Waals surface area (Å²) in [6, 6.07) is 3.33.